The van der Waals surface area contributed by atoms with E-state index in [0.29, 0.717) is 5.56 Å². The molecule has 0 atom stereocenters. The summed E-state index contributed by atoms with van der Waals surface area (Å²) in [7, 11) is 0. The van der Waals surface area contributed by atoms with Crippen molar-refractivity contribution < 1.29 is 14.7 Å². The van der Waals surface area contributed by atoms with E-state index in [9.17, 15) is 9.59 Å². The molecule has 0 aliphatic carbocycles. The predicted octanol–water partition coefficient (Wildman–Crippen LogP) is 3.02. The van der Waals surface area contributed by atoms with E-state index >= 15 is 0 Å². The zero-order valence-corrected chi connectivity index (χ0v) is 12.9. The van der Waals surface area contributed by atoms with Gasteiger partial charge in [-0.15, -0.1) is 0 Å². The smallest absolute Gasteiger partial charge is 0.305 e. The first-order chi connectivity index (χ1) is 9.14. The summed E-state index contributed by atoms with van der Waals surface area (Å²) in [5, 5.41) is 8.84. The number of carboxylic acids is 1. The van der Waals surface area contributed by atoms with Gasteiger partial charge in [0, 0.05) is 17.6 Å². The minimum Gasteiger partial charge on any atom is -0.481 e. The Kier molecular flexibility index (Phi) is 4.93. The Hall–Kier alpha value is -1.84. The van der Waals surface area contributed by atoms with Crippen LogP contribution in [0.15, 0.2) is 18.2 Å². The molecule has 0 radical (unpaired) electrons. The number of carboxylic acid groups (broad SMARTS) is 1. The van der Waals surface area contributed by atoms with Crippen LogP contribution in [0, 0.1) is 13.8 Å². The molecule has 0 aromatic heterocycles. The monoisotopic (exact) mass is 277 g/mol. The van der Waals surface area contributed by atoms with Crippen LogP contribution < -0.4 is 0 Å². The van der Waals surface area contributed by atoms with Crippen LogP contribution in [-0.2, 0) is 4.79 Å². The van der Waals surface area contributed by atoms with Gasteiger partial charge in [-0.25, -0.2) is 0 Å². The molecule has 0 heterocycles. The molecule has 4 heteroatoms. The minimum absolute atomic E-state index is 0.0477. The highest BCUT2D eigenvalue weighted by Crippen LogP contribution is 2.21. The van der Waals surface area contributed by atoms with Crippen molar-refractivity contribution in [2.45, 2.75) is 46.6 Å². The molecule has 0 aliphatic rings. The molecule has 0 saturated heterocycles. The Morgan fingerprint density at radius 3 is 2.30 bits per heavy atom. The van der Waals surface area contributed by atoms with Crippen LogP contribution in [0.3, 0.4) is 0 Å². The Morgan fingerprint density at radius 1 is 1.20 bits per heavy atom. The number of hydrogen-bond acceptors (Lipinski definition) is 2. The van der Waals surface area contributed by atoms with E-state index in [1.165, 1.54) is 0 Å². The Balaban J connectivity index is 3.10. The van der Waals surface area contributed by atoms with Gasteiger partial charge in [0.2, 0.25) is 0 Å². The molecule has 0 saturated carbocycles. The number of benzene rings is 1. The molecular weight excluding hydrogens is 254 g/mol. The highest BCUT2D eigenvalue weighted by molar-refractivity contribution is 5.96. The highest BCUT2D eigenvalue weighted by Gasteiger charge is 2.28. The maximum Gasteiger partial charge on any atom is 0.305 e. The third kappa shape index (κ3) is 3.83. The van der Waals surface area contributed by atoms with Crippen LogP contribution >= 0.6 is 0 Å². The summed E-state index contributed by atoms with van der Waals surface area (Å²) in [6.07, 6.45) is -0.0477. The van der Waals surface area contributed by atoms with Crippen molar-refractivity contribution in [2.24, 2.45) is 0 Å². The lowest BCUT2D eigenvalue weighted by Crippen LogP contribution is -2.46. The molecule has 0 unspecified atom stereocenters. The number of carbonyl (C=O) groups excluding carboxylic acids is 1. The van der Waals surface area contributed by atoms with E-state index < -0.39 is 11.5 Å². The van der Waals surface area contributed by atoms with E-state index in [1.807, 2.05) is 46.8 Å². The van der Waals surface area contributed by atoms with Gasteiger partial charge in [-0.05, 0) is 51.8 Å². The number of aryl methyl sites for hydroxylation is 1. The van der Waals surface area contributed by atoms with Crippen molar-refractivity contribution in [1.29, 1.82) is 0 Å². The van der Waals surface area contributed by atoms with Crippen molar-refractivity contribution in [3.8, 4) is 0 Å². The molecule has 1 amide bonds. The van der Waals surface area contributed by atoms with Crippen LogP contribution in [0.5, 0.6) is 0 Å². The van der Waals surface area contributed by atoms with Gasteiger partial charge in [-0.1, -0.05) is 12.1 Å². The van der Waals surface area contributed by atoms with Gasteiger partial charge < -0.3 is 10.0 Å². The van der Waals surface area contributed by atoms with E-state index in [4.69, 9.17) is 5.11 Å². The molecule has 110 valence electrons. The molecule has 1 aromatic rings. The summed E-state index contributed by atoms with van der Waals surface area (Å²) in [6.45, 7) is 9.84. The number of rotatable bonds is 4. The molecule has 0 bridgehead atoms. The Labute approximate surface area is 120 Å². The van der Waals surface area contributed by atoms with Crippen LogP contribution in [0.25, 0.3) is 0 Å². The zero-order chi connectivity index (χ0) is 15.5. The van der Waals surface area contributed by atoms with Crippen molar-refractivity contribution in [2.75, 3.05) is 6.54 Å². The maximum atomic E-state index is 12.7. The lowest BCUT2D eigenvalue weighted by atomic mass is 9.99. The van der Waals surface area contributed by atoms with E-state index in [-0.39, 0.29) is 18.9 Å². The van der Waals surface area contributed by atoms with Crippen molar-refractivity contribution in [3.63, 3.8) is 0 Å². The van der Waals surface area contributed by atoms with Gasteiger partial charge in [0.1, 0.15) is 0 Å². The normalized spacial score (nSPS) is 11.2. The largest absolute Gasteiger partial charge is 0.481 e. The lowest BCUT2D eigenvalue weighted by molar-refractivity contribution is -0.137. The van der Waals surface area contributed by atoms with Gasteiger partial charge >= 0.3 is 5.97 Å². The quantitative estimate of drug-likeness (QED) is 0.920. The SMILES string of the molecule is Cc1cccc(C(=O)N(CCC(=O)O)C(C)(C)C)c1C. The van der Waals surface area contributed by atoms with Crippen LogP contribution in [0.4, 0.5) is 0 Å². The number of aliphatic carboxylic acids is 1. The summed E-state index contributed by atoms with van der Waals surface area (Å²) in [4.78, 5) is 25.1. The second kappa shape index (κ2) is 6.07. The van der Waals surface area contributed by atoms with Gasteiger partial charge in [-0.3, -0.25) is 9.59 Å². The average molecular weight is 277 g/mol. The Morgan fingerprint density at radius 2 is 1.80 bits per heavy atom. The summed E-state index contributed by atoms with van der Waals surface area (Å²) in [5.41, 5.74) is 2.23. The summed E-state index contributed by atoms with van der Waals surface area (Å²) in [5.74, 6) is -1.01. The fourth-order valence-corrected chi connectivity index (χ4v) is 2.08. The summed E-state index contributed by atoms with van der Waals surface area (Å²) >= 11 is 0. The standard InChI is InChI=1S/C16H23NO3/c1-11-7-6-8-13(12(11)2)15(20)17(16(3,4)5)10-9-14(18)19/h6-8H,9-10H2,1-5H3,(H,18,19). The molecule has 1 rings (SSSR count). The van der Waals surface area contributed by atoms with Crippen LogP contribution in [0.1, 0.15) is 48.7 Å². The number of amides is 1. The highest BCUT2D eigenvalue weighted by atomic mass is 16.4. The average Bonchev–Trinajstić information content (AvgIpc) is 2.30. The maximum absolute atomic E-state index is 12.7. The van der Waals surface area contributed by atoms with Gasteiger partial charge in [0.05, 0.1) is 6.42 Å². The predicted molar refractivity (Wildman–Crippen MR) is 79.0 cm³/mol. The third-order valence-corrected chi connectivity index (χ3v) is 3.44. The first-order valence-corrected chi connectivity index (χ1v) is 6.74. The zero-order valence-electron chi connectivity index (χ0n) is 12.9. The van der Waals surface area contributed by atoms with Crippen LogP contribution in [0.2, 0.25) is 0 Å². The fourth-order valence-electron chi connectivity index (χ4n) is 2.08. The lowest BCUT2D eigenvalue weighted by Gasteiger charge is -2.36. The number of hydrogen-bond donors (Lipinski definition) is 1. The second-order valence-electron chi connectivity index (χ2n) is 6.02. The second-order valence-corrected chi connectivity index (χ2v) is 6.02. The van der Waals surface area contributed by atoms with E-state index in [1.54, 1.807) is 11.0 Å². The summed E-state index contributed by atoms with van der Waals surface area (Å²) < 4.78 is 0. The van der Waals surface area contributed by atoms with Gasteiger partial charge in [0.15, 0.2) is 0 Å². The Bertz CT molecular complexity index is 515. The summed E-state index contributed by atoms with van der Waals surface area (Å²) in [6, 6.07) is 5.61. The molecule has 0 spiro atoms. The van der Waals surface area contributed by atoms with E-state index in [0.717, 1.165) is 11.1 Å². The number of nitrogens with zero attached hydrogens (tertiary/aromatic N) is 1. The van der Waals surface area contributed by atoms with E-state index in [2.05, 4.69) is 0 Å². The van der Waals surface area contributed by atoms with Crippen molar-refractivity contribution in [3.05, 3.63) is 34.9 Å². The van der Waals surface area contributed by atoms with Crippen LogP contribution in [-0.4, -0.2) is 34.0 Å². The minimum atomic E-state index is -0.895. The van der Waals surface area contributed by atoms with Gasteiger partial charge in [-0.2, -0.15) is 0 Å². The molecule has 1 N–H and O–H groups in total. The molecule has 4 nitrogen and oxygen atoms in total. The molecular formula is C16H23NO3. The molecule has 1 aromatic carbocycles. The van der Waals surface area contributed by atoms with Crippen molar-refractivity contribution >= 4 is 11.9 Å². The van der Waals surface area contributed by atoms with Gasteiger partial charge in [0.25, 0.3) is 5.91 Å². The molecule has 20 heavy (non-hydrogen) atoms. The number of carbonyl (C=O) groups is 2. The first-order valence-electron chi connectivity index (χ1n) is 6.74. The van der Waals surface area contributed by atoms with Crippen molar-refractivity contribution in [1.82, 2.24) is 4.90 Å². The third-order valence-electron chi connectivity index (χ3n) is 3.44. The molecule has 0 fully saturated rings. The topological polar surface area (TPSA) is 57.6 Å². The molecule has 0 aliphatic heterocycles. The first kappa shape index (κ1) is 16.2. The fraction of sp³-hybridized carbons (Fsp3) is 0.500.